The topological polar surface area (TPSA) is 29.5 Å². The van der Waals surface area contributed by atoms with Crippen LogP contribution in [0, 0.1) is 5.82 Å². The van der Waals surface area contributed by atoms with Gasteiger partial charge in [-0.05, 0) is 30.7 Å². The first kappa shape index (κ1) is 16.1. The lowest BCUT2D eigenvalue weighted by molar-refractivity contribution is 0.0510. The molecule has 21 heavy (non-hydrogen) atoms. The Morgan fingerprint density at radius 2 is 1.86 bits per heavy atom. The number of aliphatic hydroxyl groups is 1. The molecule has 0 bridgehead atoms. The van der Waals surface area contributed by atoms with E-state index in [1.807, 2.05) is 0 Å². The molecule has 0 fully saturated rings. The first-order valence-electron chi connectivity index (χ1n) is 6.35. The molecular weight excluding hydrogens is 314 g/mol. The summed E-state index contributed by atoms with van der Waals surface area (Å²) in [6.07, 6.45) is 0.115. The van der Waals surface area contributed by atoms with E-state index in [-0.39, 0.29) is 17.7 Å². The molecule has 0 heterocycles. The summed E-state index contributed by atoms with van der Waals surface area (Å²) in [6.45, 7) is 1.52. The summed E-state index contributed by atoms with van der Waals surface area (Å²) in [5.41, 5.74) is -0.742. The van der Waals surface area contributed by atoms with Crippen molar-refractivity contribution in [1.29, 1.82) is 0 Å². The van der Waals surface area contributed by atoms with Gasteiger partial charge in [0.2, 0.25) is 0 Å². The summed E-state index contributed by atoms with van der Waals surface area (Å²) in [7, 11) is 1.43. The molecule has 1 unspecified atom stereocenters. The molecule has 1 atom stereocenters. The Labute approximate surface area is 133 Å². The van der Waals surface area contributed by atoms with Gasteiger partial charge in [-0.1, -0.05) is 41.4 Å². The molecule has 2 aromatic carbocycles. The Balaban J connectivity index is 2.45. The van der Waals surface area contributed by atoms with Crippen LogP contribution in [0.15, 0.2) is 36.4 Å². The number of ether oxygens (including phenoxy) is 1. The van der Waals surface area contributed by atoms with Crippen LogP contribution in [0.3, 0.4) is 0 Å². The van der Waals surface area contributed by atoms with Gasteiger partial charge in [-0.3, -0.25) is 0 Å². The van der Waals surface area contributed by atoms with Crippen molar-refractivity contribution >= 4 is 23.2 Å². The Bertz CT molecular complexity index is 657. The van der Waals surface area contributed by atoms with E-state index in [0.717, 1.165) is 0 Å². The monoisotopic (exact) mass is 328 g/mol. The molecule has 1 N–H and O–H groups in total. The van der Waals surface area contributed by atoms with E-state index in [1.54, 1.807) is 24.3 Å². The van der Waals surface area contributed by atoms with E-state index in [1.165, 1.54) is 26.2 Å². The van der Waals surface area contributed by atoms with Crippen molar-refractivity contribution in [3.63, 3.8) is 0 Å². The molecule has 0 aromatic heterocycles. The largest absolute Gasteiger partial charge is 0.496 e. The third-order valence-electron chi connectivity index (χ3n) is 3.30. The van der Waals surface area contributed by atoms with Gasteiger partial charge >= 0.3 is 0 Å². The molecule has 0 aliphatic carbocycles. The van der Waals surface area contributed by atoms with E-state index in [4.69, 9.17) is 27.9 Å². The van der Waals surface area contributed by atoms with Crippen LogP contribution in [0.2, 0.25) is 10.0 Å². The lowest BCUT2D eigenvalue weighted by Crippen LogP contribution is -2.26. The smallest absolute Gasteiger partial charge is 0.133 e. The predicted octanol–water partition coefficient (Wildman–Crippen LogP) is 4.59. The first-order chi connectivity index (χ1) is 9.86. The number of hydrogen-bond donors (Lipinski definition) is 1. The van der Waals surface area contributed by atoms with Crippen LogP contribution in [0.4, 0.5) is 4.39 Å². The lowest BCUT2D eigenvalue weighted by atomic mass is 9.88. The van der Waals surface area contributed by atoms with Crippen molar-refractivity contribution in [2.24, 2.45) is 0 Å². The molecule has 2 aromatic rings. The maximum Gasteiger partial charge on any atom is 0.133 e. The summed E-state index contributed by atoms with van der Waals surface area (Å²) in [4.78, 5) is 0. The van der Waals surface area contributed by atoms with Crippen LogP contribution in [0.1, 0.15) is 18.1 Å². The van der Waals surface area contributed by atoms with Crippen molar-refractivity contribution in [1.82, 2.24) is 0 Å². The highest BCUT2D eigenvalue weighted by molar-refractivity contribution is 6.42. The quantitative estimate of drug-likeness (QED) is 0.889. The average molecular weight is 329 g/mol. The molecule has 112 valence electrons. The van der Waals surface area contributed by atoms with Crippen LogP contribution < -0.4 is 4.74 Å². The third-order valence-corrected chi connectivity index (χ3v) is 4.16. The molecule has 0 saturated carbocycles. The van der Waals surface area contributed by atoms with Crippen molar-refractivity contribution in [2.75, 3.05) is 7.11 Å². The number of benzene rings is 2. The third kappa shape index (κ3) is 3.31. The standard InChI is InChI=1S/C16H15Cl2FO2/c1-16(20,9-10-5-3-6-11(17)15(10)18)14-12(19)7-4-8-13(14)21-2/h3-8,20H,9H2,1-2H3. The van der Waals surface area contributed by atoms with Crippen LogP contribution in [-0.2, 0) is 12.0 Å². The maximum absolute atomic E-state index is 14.1. The highest BCUT2D eigenvalue weighted by atomic mass is 35.5. The zero-order valence-corrected chi connectivity index (χ0v) is 13.2. The van der Waals surface area contributed by atoms with Gasteiger partial charge in [0.15, 0.2) is 0 Å². The molecule has 0 spiro atoms. The van der Waals surface area contributed by atoms with Gasteiger partial charge in [0.25, 0.3) is 0 Å². The van der Waals surface area contributed by atoms with E-state index in [9.17, 15) is 9.50 Å². The van der Waals surface area contributed by atoms with E-state index in [2.05, 4.69) is 0 Å². The normalized spacial score (nSPS) is 13.8. The van der Waals surface area contributed by atoms with Gasteiger partial charge in [0.1, 0.15) is 11.6 Å². The average Bonchev–Trinajstić information content (AvgIpc) is 2.43. The van der Waals surface area contributed by atoms with Crippen molar-refractivity contribution in [2.45, 2.75) is 18.9 Å². The molecule has 5 heteroatoms. The molecule has 2 nitrogen and oxygen atoms in total. The zero-order valence-electron chi connectivity index (χ0n) is 11.7. The first-order valence-corrected chi connectivity index (χ1v) is 7.10. The minimum Gasteiger partial charge on any atom is -0.496 e. The van der Waals surface area contributed by atoms with Crippen molar-refractivity contribution in [3.8, 4) is 5.75 Å². The SMILES string of the molecule is COc1cccc(F)c1C(C)(O)Cc1cccc(Cl)c1Cl. The molecule has 0 aliphatic heterocycles. The Kier molecular flexibility index (Phi) is 4.77. The second-order valence-electron chi connectivity index (χ2n) is 4.98. The van der Waals surface area contributed by atoms with E-state index < -0.39 is 11.4 Å². The summed E-state index contributed by atoms with van der Waals surface area (Å²) < 4.78 is 19.3. The van der Waals surface area contributed by atoms with Gasteiger partial charge in [0.05, 0.1) is 28.3 Å². The van der Waals surface area contributed by atoms with E-state index in [0.29, 0.717) is 15.6 Å². The predicted molar refractivity (Wildman–Crippen MR) is 82.7 cm³/mol. The Morgan fingerprint density at radius 1 is 1.19 bits per heavy atom. The van der Waals surface area contributed by atoms with Gasteiger partial charge in [0, 0.05) is 6.42 Å². The minimum absolute atomic E-state index is 0.101. The second kappa shape index (κ2) is 6.22. The molecule has 0 saturated heterocycles. The van der Waals surface area contributed by atoms with Gasteiger partial charge in [-0.25, -0.2) is 4.39 Å². The summed E-state index contributed by atoms with van der Waals surface area (Å²) in [5.74, 6) is -0.240. The van der Waals surface area contributed by atoms with Gasteiger partial charge < -0.3 is 9.84 Å². The zero-order chi connectivity index (χ0) is 15.6. The Hall–Kier alpha value is -1.29. The molecular formula is C16H15Cl2FO2. The summed E-state index contributed by atoms with van der Waals surface area (Å²) >= 11 is 12.1. The van der Waals surface area contributed by atoms with E-state index >= 15 is 0 Å². The van der Waals surface area contributed by atoms with Gasteiger partial charge in [-0.2, -0.15) is 0 Å². The number of halogens is 3. The number of methoxy groups -OCH3 is 1. The summed E-state index contributed by atoms with van der Waals surface area (Å²) in [5, 5.41) is 11.5. The Morgan fingerprint density at radius 3 is 2.52 bits per heavy atom. The van der Waals surface area contributed by atoms with Crippen molar-refractivity contribution < 1.29 is 14.2 Å². The molecule has 2 rings (SSSR count). The van der Waals surface area contributed by atoms with Crippen LogP contribution in [0.25, 0.3) is 0 Å². The number of rotatable bonds is 4. The van der Waals surface area contributed by atoms with Crippen LogP contribution in [0.5, 0.6) is 5.75 Å². The minimum atomic E-state index is -1.48. The molecule has 0 amide bonds. The van der Waals surface area contributed by atoms with Gasteiger partial charge in [-0.15, -0.1) is 0 Å². The lowest BCUT2D eigenvalue weighted by Gasteiger charge is -2.27. The number of hydrogen-bond acceptors (Lipinski definition) is 2. The molecule has 0 radical (unpaired) electrons. The van der Waals surface area contributed by atoms with Crippen LogP contribution >= 0.6 is 23.2 Å². The molecule has 0 aliphatic rings. The fourth-order valence-electron chi connectivity index (χ4n) is 2.34. The summed E-state index contributed by atoms with van der Waals surface area (Å²) in [6, 6.07) is 9.55. The second-order valence-corrected chi connectivity index (χ2v) is 5.77. The fraction of sp³-hybridized carbons (Fsp3) is 0.250. The highest BCUT2D eigenvalue weighted by Crippen LogP contribution is 2.37. The fourth-order valence-corrected chi connectivity index (χ4v) is 2.73. The van der Waals surface area contributed by atoms with Crippen molar-refractivity contribution in [3.05, 3.63) is 63.4 Å². The highest BCUT2D eigenvalue weighted by Gasteiger charge is 2.31. The maximum atomic E-state index is 14.1. The van der Waals surface area contributed by atoms with Crippen LogP contribution in [-0.4, -0.2) is 12.2 Å².